The normalized spacial score (nSPS) is 13.7. The number of fused-ring (bicyclic) bond motifs is 1. The van der Waals surface area contributed by atoms with Crippen LogP contribution in [0.25, 0.3) is 11.0 Å². The number of piperazine rings is 1. The van der Waals surface area contributed by atoms with E-state index in [1.54, 1.807) is 43.3 Å². The van der Waals surface area contributed by atoms with E-state index < -0.39 is 0 Å². The zero-order chi connectivity index (χ0) is 24.2. The Balaban J connectivity index is 1.29. The van der Waals surface area contributed by atoms with E-state index in [4.69, 9.17) is 9.47 Å². The van der Waals surface area contributed by atoms with E-state index in [1.807, 2.05) is 6.07 Å². The minimum Gasteiger partial charge on any atom is -0.497 e. The average Bonchev–Trinajstić information content (AvgIpc) is 3.32. The molecule has 0 radical (unpaired) electrons. The quantitative estimate of drug-likeness (QED) is 0.438. The van der Waals surface area contributed by atoms with Gasteiger partial charge in [-0.2, -0.15) is 5.10 Å². The lowest BCUT2D eigenvalue weighted by atomic mass is 10.2. The molecule has 2 aromatic heterocycles. The highest BCUT2D eigenvalue weighted by Gasteiger charge is 2.22. The maximum Gasteiger partial charge on any atom is 0.246 e. The molecule has 1 aliphatic rings. The third-order valence-electron chi connectivity index (χ3n) is 6.09. The summed E-state index contributed by atoms with van der Waals surface area (Å²) in [6.07, 6.45) is 3.26. The minimum atomic E-state index is -0.241. The standard InChI is InChI=1S/C25H27N7O3/c1-34-19-8-9-21(22(14-19)35-2)29-23(33)16-32-25-20(15-28-32)24(26-17-27-25)31-12-10-30(11-13-31)18-6-4-3-5-7-18/h3-9,14-15,17H,10-13,16H2,1-2H3,(H,29,33). The van der Waals surface area contributed by atoms with Crippen molar-refractivity contribution in [2.75, 3.05) is 55.5 Å². The molecule has 1 N–H and O–H groups in total. The summed E-state index contributed by atoms with van der Waals surface area (Å²) in [6.45, 7) is 3.48. The van der Waals surface area contributed by atoms with Gasteiger partial charge >= 0.3 is 0 Å². The summed E-state index contributed by atoms with van der Waals surface area (Å²) < 4.78 is 12.2. The molecule has 1 fully saturated rings. The van der Waals surface area contributed by atoms with E-state index in [1.165, 1.54) is 12.0 Å². The van der Waals surface area contributed by atoms with Gasteiger partial charge in [0, 0.05) is 37.9 Å². The van der Waals surface area contributed by atoms with Crippen molar-refractivity contribution in [3.05, 3.63) is 61.1 Å². The Bertz CT molecular complexity index is 1320. The Hall–Kier alpha value is -4.34. The van der Waals surface area contributed by atoms with Crippen molar-refractivity contribution in [3.63, 3.8) is 0 Å². The van der Waals surface area contributed by atoms with Crippen molar-refractivity contribution in [2.45, 2.75) is 6.54 Å². The molecule has 1 aliphatic heterocycles. The molecule has 4 aromatic rings. The fraction of sp³-hybridized carbons (Fsp3) is 0.280. The number of hydrogen-bond acceptors (Lipinski definition) is 8. The van der Waals surface area contributed by atoms with Crippen LogP contribution in [0.15, 0.2) is 61.1 Å². The van der Waals surface area contributed by atoms with Crippen molar-refractivity contribution in [3.8, 4) is 11.5 Å². The Labute approximate surface area is 203 Å². The predicted octanol–water partition coefficient (Wildman–Crippen LogP) is 2.81. The number of carbonyl (C=O) groups excluding carboxylic acids is 1. The van der Waals surface area contributed by atoms with Gasteiger partial charge < -0.3 is 24.6 Å². The minimum absolute atomic E-state index is 0.0108. The summed E-state index contributed by atoms with van der Waals surface area (Å²) in [5.74, 6) is 1.76. The molecular weight excluding hydrogens is 446 g/mol. The second-order valence-electron chi connectivity index (χ2n) is 8.16. The van der Waals surface area contributed by atoms with Crippen LogP contribution in [-0.2, 0) is 11.3 Å². The number of carbonyl (C=O) groups is 1. The van der Waals surface area contributed by atoms with Crippen LogP contribution in [0, 0.1) is 0 Å². The highest BCUT2D eigenvalue weighted by atomic mass is 16.5. The van der Waals surface area contributed by atoms with Crippen molar-refractivity contribution in [2.24, 2.45) is 0 Å². The second kappa shape index (κ2) is 9.88. The van der Waals surface area contributed by atoms with Gasteiger partial charge in [-0.25, -0.2) is 14.6 Å². The van der Waals surface area contributed by atoms with Crippen LogP contribution in [0.4, 0.5) is 17.2 Å². The van der Waals surface area contributed by atoms with Crippen LogP contribution >= 0.6 is 0 Å². The number of hydrogen-bond donors (Lipinski definition) is 1. The maximum absolute atomic E-state index is 12.8. The first-order valence-corrected chi connectivity index (χ1v) is 11.4. The largest absolute Gasteiger partial charge is 0.497 e. The fourth-order valence-corrected chi connectivity index (χ4v) is 4.29. The van der Waals surface area contributed by atoms with E-state index in [0.29, 0.717) is 22.8 Å². The van der Waals surface area contributed by atoms with Crippen LogP contribution in [0.5, 0.6) is 11.5 Å². The second-order valence-corrected chi connectivity index (χ2v) is 8.16. The number of anilines is 3. The molecular formula is C25H27N7O3. The summed E-state index contributed by atoms with van der Waals surface area (Å²) in [4.78, 5) is 26.4. The van der Waals surface area contributed by atoms with E-state index in [0.717, 1.165) is 37.4 Å². The lowest BCUT2D eigenvalue weighted by Crippen LogP contribution is -2.46. The lowest BCUT2D eigenvalue weighted by molar-refractivity contribution is -0.116. The number of ether oxygens (including phenoxy) is 2. The summed E-state index contributed by atoms with van der Waals surface area (Å²) in [7, 11) is 3.12. The van der Waals surface area contributed by atoms with Gasteiger partial charge in [0.25, 0.3) is 0 Å². The topological polar surface area (TPSA) is 97.6 Å². The van der Waals surface area contributed by atoms with Gasteiger partial charge in [0.05, 0.1) is 31.5 Å². The number of nitrogens with one attached hydrogen (secondary N) is 1. The zero-order valence-corrected chi connectivity index (χ0v) is 19.7. The molecule has 0 unspecified atom stereocenters. The van der Waals surface area contributed by atoms with Crippen LogP contribution < -0.4 is 24.6 Å². The number of aromatic nitrogens is 4. The molecule has 0 aliphatic carbocycles. The lowest BCUT2D eigenvalue weighted by Gasteiger charge is -2.36. The fourth-order valence-electron chi connectivity index (χ4n) is 4.29. The monoisotopic (exact) mass is 473 g/mol. The highest BCUT2D eigenvalue weighted by Crippen LogP contribution is 2.29. The van der Waals surface area contributed by atoms with Crippen molar-refractivity contribution >= 4 is 34.1 Å². The average molecular weight is 474 g/mol. The van der Waals surface area contributed by atoms with Crippen LogP contribution in [0.2, 0.25) is 0 Å². The van der Waals surface area contributed by atoms with Gasteiger partial charge in [-0.3, -0.25) is 4.79 Å². The van der Waals surface area contributed by atoms with Gasteiger partial charge in [0.15, 0.2) is 5.65 Å². The molecule has 0 spiro atoms. The first kappa shape index (κ1) is 22.5. The highest BCUT2D eigenvalue weighted by molar-refractivity contribution is 5.94. The molecule has 0 atom stereocenters. The number of nitrogens with zero attached hydrogens (tertiary/aromatic N) is 6. The Morgan fingerprint density at radius 2 is 1.74 bits per heavy atom. The van der Waals surface area contributed by atoms with Crippen molar-refractivity contribution < 1.29 is 14.3 Å². The third-order valence-corrected chi connectivity index (χ3v) is 6.09. The third kappa shape index (κ3) is 4.68. The zero-order valence-electron chi connectivity index (χ0n) is 19.7. The summed E-state index contributed by atoms with van der Waals surface area (Å²) in [5.41, 5.74) is 2.41. The number of amides is 1. The molecule has 2 aromatic carbocycles. The molecule has 10 nitrogen and oxygen atoms in total. The van der Waals surface area contributed by atoms with E-state index in [-0.39, 0.29) is 12.5 Å². The molecule has 1 saturated heterocycles. The summed E-state index contributed by atoms with van der Waals surface area (Å²) >= 11 is 0. The van der Waals surface area contributed by atoms with Crippen LogP contribution in [0.1, 0.15) is 0 Å². The van der Waals surface area contributed by atoms with Gasteiger partial charge in [-0.1, -0.05) is 18.2 Å². The number of methoxy groups -OCH3 is 2. The first-order chi connectivity index (χ1) is 17.2. The number of para-hydroxylation sites is 1. The van der Waals surface area contributed by atoms with Crippen molar-refractivity contribution in [1.82, 2.24) is 19.7 Å². The first-order valence-electron chi connectivity index (χ1n) is 11.4. The Morgan fingerprint density at radius 3 is 2.49 bits per heavy atom. The molecule has 0 saturated carbocycles. The Morgan fingerprint density at radius 1 is 0.971 bits per heavy atom. The summed E-state index contributed by atoms with van der Waals surface area (Å²) in [6, 6.07) is 15.6. The van der Waals surface area contributed by atoms with Crippen LogP contribution in [0.3, 0.4) is 0 Å². The van der Waals surface area contributed by atoms with Crippen molar-refractivity contribution in [1.29, 1.82) is 0 Å². The SMILES string of the molecule is COc1ccc(NC(=O)Cn2ncc3c(N4CCN(c5ccccc5)CC4)ncnc32)c(OC)c1. The van der Waals surface area contributed by atoms with E-state index in [9.17, 15) is 4.79 Å². The molecule has 1 amide bonds. The van der Waals surface area contributed by atoms with Crippen LogP contribution in [-0.4, -0.2) is 66.1 Å². The van der Waals surface area contributed by atoms with Gasteiger partial charge in [0.2, 0.25) is 5.91 Å². The number of benzene rings is 2. The molecule has 5 rings (SSSR count). The van der Waals surface area contributed by atoms with Gasteiger partial charge in [0.1, 0.15) is 30.2 Å². The molecule has 10 heteroatoms. The van der Waals surface area contributed by atoms with E-state index >= 15 is 0 Å². The predicted molar refractivity (Wildman–Crippen MR) is 134 cm³/mol. The molecule has 180 valence electrons. The van der Waals surface area contributed by atoms with E-state index in [2.05, 4.69) is 54.4 Å². The smallest absolute Gasteiger partial charge is 0.246 e. The Kier molecular flexibility index (Phi) is 6.34. The van der Waals surface area contributed by atoms with Gasteiger partial charge in [-0.05, 0) is 24.3 Å². The maximum atomic E-state index is 12.8. The molecule has 3 heterocycles. The summed E-state index contributed by atoms with van der Waals surface area (Å²) in [5, 5.41) is 8.13. The molecule has 35 heavy (non-hydrogen) atoms. The van der Waals surface area contributed by atoms with Gasteiger partial charge in [-0.15, -0.1) is 0 Å². The molecule has 0 bridgehead atoms. The number of rotatable bonds is 7.